The van der Waals surface area contributed by atoms with Gasteiger partial charge in [0.1, 0.15) is 11.8 Å². The lowest BCUT2D eigenvalue weighted by Crippen LogP contribution is -2.30. The van der Waals surface area contributed by atoms with E-state index in [-0.39, 0.29) is 0 Å². The third kappa shape index (κ3) is 1.42. The highest BCUT2D eigenvalue weighted by Crippen LogP contribution is 2.27. The number of aromatic amines is 1. The number of rotatable bonds is 1. The molecule has 0 saturated carbocycles. The zero-order valence-corrected chi connectivity index (χ0v) is 9.01. The fourth-order valence-electron chi connectivity index (χ4n) is 2.12. The Labute approximate surface area is 92.4 Å². The van der Waals surface area contributed by atoms with Gasteiger partial charge in [-0.25, -0.2) is 15.0 Å². The number of fused-ring (bicyclic) bond motifs is 1. The summed E-state index contributed by atoms with van der Waals surface area (Å²) in [5, 5.41) is 9.94. The Bertz CT molecular complexity index is 521. The summed E-state index contributed by atoms with van der Waals surface area (Å²) >= 11 is 0. The van der Waals surface area contributed by atoms with Crippen LogP contribution in [0, 0.1) is 0 Å². The molecule has 1 atom stereocenters. The molecule has 3 rings (SSSR count). The lowest BCUT2D eigenvalue weighted by molar-refractivity contribution is 0.0839. The predicted octanol–water partition coefficient (Wildman–Crippen LogP) is 0.314. The summed E-state index contributed by atoms with van der Waals surface area (Å²) in [7, 11) is 0. The van der Waals surface area contributed by atoms with Gasteiger partial charge in [0.15, 0.2) is 11.5 Å². The van der Waals surface area contributed by atoms with Crippen LogP contribution >= 0.6 is 0 Å². The molecule has 2 aromatic heterocycles. The van der Waals surface area contributed by atoms with Gasteiger partial charge in [-0.2, -0.15) is 0 Å². The van der Waals surface area contributed by atoms with E-state index in [0.29, 0.717) is 12.2 Å². The molecule has 0 aromatic carbocycles. The Balaban J connectivity index is 2.03. The summed E-state index contributed by atoms with van der Waals surface area (Å²) < 4.78 is 0. The van der Waals surface area contributed by atoms with Crippen LogP contribution in [0.3, 0.4) is 0 Å². The van der Waals surface area contributed by atoms with E-state index in [1.165, 1.54) is 6.33 Å². The van der Waals surface area contributed by atoms with Crippen molar-refractivity contribution in [2.24, 2.45) is 0 Å². The van der Waals surface area contributed by atoms with E-state index in [1.807, 2.05) is 6.92 Å². The molecular formula is C10H13N5O. The SMILES string of the molecule is CC1(O)CCN(c2ncnc3nc[nH]c23)C1. The smallest absolute Gasteiger partial charge is 0.182 e. The molecule has 6 nitrogen and oxygen atoms in total. The highest BCUT2D eigenvalue weighted by atomic mass is 16.3. The summed E-state index contributed by atoms with van der Waals surface area (Å²) in [5.41, 5.74) is 0.869. The van der Waals surface area contributed by atoms with Gasteiger partial charge >= 0.3 is 0 Å². The number of aliphatic hydroxyl groups is 1. The van der Waals surface area contributed by atoms with Gasteiger partial charge in [-0.05, 0) is 13.3 Å². The monoisotopic (exact) mass is 219 g/mol. The summed E-state index contributed by atoms with van der Waals surface area (Å²) in [6, 6.07) is 0. The van der Waals surface area contributed by atoms with Crippen LogP contribution in [0.25, 0.3) is 11.2 Å². The molecule has 0 radical (unpaired) electrons. The summed E-state index contributed by atoms with van der Waals surface area (Å²) in [6.07, 6.45) is 3.87. The number of hydrogen-bond donors (Lipinski definition) is 2. The van der Waals surface area contributed by atoms with E-state index in [2.05, 4.69) is 24.8 Å². The second-order valence-electron chi connectivity index (χ2n) is 4.47. The first-order valence-corrected chi connectivity index (χ1v) is 5.27. The first-order valence-electron chi connectivity index (χ1n) is 5.27. The molecule has 6 heteroatoms. The Kier molecular flexibility index (Phi) is 1.88. The quantitative estimate of drug-likeness (QED) is 0.722. The standard InChI is InChI=1S/C10H13N5O/c1-10(16)2-3-15(4-10)9-7-8(12-5-11-7)13-6-14-9/h5-6,16H,2-4H2,1H3,(H,11,12,13,14). The molecule has 1 fully saturated rings. The average Bonchev–Trinajstić information content (AvgIpc) is 2.83. The van der Waals surface area contributed by atoms with E-state index in [1.54, 1.807) is 6.33 Å². The number of hydrogen-bond acceptors (Lipinski definition) is 5. The first kappa shape index (κ1) is 9.53. The fourth-order valence-corrected chi connectivity index (χ4v) is 2.12. The van der Waals surface area contributed by atoms with Gasteiger partial charge in [-0.3, -0.25) is 0 Å². The predicted molar refractivity (Wildman–Crippen MR) is 59.1 cm³/mol. The van der Waals surface area contributed by atoms with Crippen LogP contribution in [0.1, 0.15) is 13.3 Å². The van der Waals surface area contributed by atoms with E-state index < -0.39 is 5.60 Å². The fraction of sp³-hybridized carbons (Fsp3) is 0.500. The third-order valence-corrected chi connectivity index (χ3v) is 2.95. The normalized spacial score (nSPS) is 25.5. The van der Waals surface area contributed by atoms with Crippen molar-refractivity contribution >= 4 is 17.0 Å². The molecule has 16 heavy (non-hydrogen) atoms. The molecule has 0 spiro atoms. The van der Waals surface area contributed by atoms with E-state index in [0.717, 1.165) is 24.3 Å². The Morgan fingerprint density at radius 1 is 1.44 bits per heavy atom. The molecule has 2 aromatic rings. The minimum atomic E-state index is -0.628. The highest BCUT2D eigenvalue weighted by molar-refractivity contribution is 5.82. The summed E-state index contributed by atoms with van der Waals surface area (Å²) in [5.74, 6) is 0.820. The van der Waals surface area contributed by atoms with Crippen molar-refractivity contribution in [1.82, 2.24) is 19.9 Å². The molecule has 0 amide bonds. The topological polar surface area (TPSA) is 77.9 Å². The number of β-amino-alcohol motifs (C(OH)–C–C–N with tert-alkyl or cyclic N) is 1. The number of H-pyrrole nitrogens is 1. The average molecular weight is 219 g/mol. The maximum absolute atomic E-state index is 9.94. The maximum atomic E-state index is 9.94. The van der Waals surface area contributed by atoms with Crippen LogP contribution in [0.2, 0.25) is 0 Å². The van der Waals surface area contributed by atoms with Crippen LogP contribution in [0.5, 0.6) is 0 Å². The highest BCUT2D eigenvalue weighted by Gasteiger charge is 2.32. The molecule has 3 heterocycles. The van der Waals surface area contributed by atoms with Crippen LogP contribution in [-0.2, 0) is 0 Å². The molecule has 2 N–H and O–H groups in total. The molecule has 0 aliphatic carbocycles. The van der Waals surface area contributed by atoms with Gasteiger partial charge < -0.3 is 15.0 Å². The zero-order valence-electron chi connectivity index (χ0n) is 9.01. The zero-order chi connectivity index (χ0) is 11.2. The van der Waals surface area contributed by atoms with Gasteiger partial charge in [0.05, 0.1) is 11.9 Å². The van der Waals surface area contributed by atoms with E-state index >= 15 is 0 Å². The van der Waals surface area contributed by atoms with Gasteiger partial charge in [0.25, 0.3) is 0 Å². The number of anilines is 1. The van der Waals surface area contributed by atoms with Crippen molar-refractivity contribution < 1.29 is 5.11 Å². The van der Waals surface area contributed by atoms with Crippen LogP contribution in [-0.4, -0.2) is 43.7 Å². The van der Waals surface area contributed by atoms with Crippen molar-refractivity contribution in [3.8, 4) is 0 Å². The molecule has 1 saturated heterocycles. The van der Waals surface area contributed by atoms with Crippen LogP contribution < -0.4 is 4.90 Å². The number of imidazole rings is 1. The maximum Gasteiger partial charge on any atom is 0.182 e. The van der Waals surface area contributed by atoms with Gasteiger partial charge in [-0.15, -0.1) is 0 Å². The molecule has 1 aliphatic rings. The molecule has 0 bridgehead atoms. The molecule has 1 aliphatic heterocycles. The second kappa shape index (κ2) is 3.15. The largest absolute Gasteiger partial charge is 0.388 e. The number of nitrogens with zero attached hydrogens (tertiary/aromatic N) is 4. The third-order valence-electron chi connectivity index (χ3n) is 2.95. The van der Waals surface area contributed by atoms with Gasteiger partial charge in [-0.1, -0.05) is 0 Å². The Morgan fingerprint density at radius 2 is 2.31 bits per heavy atom. The van der Waals surface area contributed by atoms with Crippen molar-refractivity contribution in [1.29, 1.82) is 0 Å². The number of nitrogens with one attached hydrogen (secondary N) is 1. The molecule has 84 valence electrons. The van der Waals surface area contributed by atoms with Gasteiger partial charge in [0.2, 0.25) is 0 Å². The number of aromatic nitrogens is 4. The molecular weight excluding hydrogens is 206 g/mol. The first-order chi connectivity index (χ1) is 7.66. The minimum absolute atomic E-state index is 0.595. The van der Waals surface area contributed by atoms with Crippen LogP contribution in [0.4, 0.5) is 5.82 Å². The minimum Gasteiger partial charge on any atom is -0.388 e. The van der Waals surface area contributed by atoms with Crippen molar-refractivity contribution in [3.63, 3.8) is 0 Å². The summed E-state index contributed by atoms with van der Waals surface area (Å²) in [4.78, 5) is 17.5. The Hall–Kier alpha value is -1.69. The van der Waals surface area contributed by atoms with Crippen molar-refractivity contribution in [2.45, 2.75) is 18.9 Å². The summed E-state index contributed by atoms with van der Waals surface area (Å²) in [6.45, 7) is 3.24. The Morgan fingerprint density at radius 3 is 3.06 bits per heavy atom. The van der Waals surface area contributed by atoms with Crippen molar-refractivity contribution in [3.05, 3.63) is 12.7 Å². The molecule has 1 unspecified atom stereocenters. The van der Waals surface area contributed by atoms with E-state index in [9.17, 15) is 5.11 Å². The van der Waals surface area contributed by atoms with E-state index in [4.69, 9.17) is 0 Å². The van der Waals surface area contributed by atoms with Crippen LogP contribution in [0.15, 0.2) is 12.7 Å². The van der Waals surface area contributed by atoms with Crippen molar-refractivity contribution in [2.75, 3.05) is 18.0 Å². The van der Waals surface area contributed by atoms with Gasteiger partial charge in [0, 0.05) is 13.1 Å². The second-order valence-corrected chi connectivity index (χ2v) is 4.47. The lowest BCUT2D eigenvalue weighted by Gasteiger charge is -2.19. The lowest BCUT2D eigenvalue weighted by atomic mass is 10.1.